The monoisotopic (exact) mass is 903 g/mol. The largest absolute Gasteiger partial charge is 0.462 e. The SMILES string of the molecule is CCCCCCCCC/C=C\CCCCCCCCCC(=O)OC(COC(=O)CCCCCCCCCC)COC(=O)CCCCCCCCCCCCCCCCCCCCCC. The molecule has 0 rings (SSSR count). The summed E-state index contributed by atoms with van der Waals surface area (Å²) in [6.45, 7) is 6.66. The van der Waals surface area contributed by atoms with Crippen molar-refractivity contribution in [3.05, 3.63) is 12.2 Å². The molecule has 0 saturated carbocycles. The van der Waals surface area contributed by atoms with E-state index in [1.54, 1.807) is 0 Å². The van der Waals surface area contributed by atoms with Crippen molar-refractivity contribution < 1.29 is 28.6 Å². The Hall–Kier alpha value is -1.85. The molecule has 0 aromatic heterocycles. The van der Waals surface area contributed by atoms with E-state index in [1.165, 1.54) is 225 Å². The van der Waals surface area contributed by atoms with Crippen LogP contribution in [0.15, 0.2) is 12.2 Å². The predicted octanol–water partition coefficient (Wildman–Crippen LogP) is 18.9. The maximum atomic E-state index is 12.8. The van der Waals surface area contributed by atoms with Gasteiger partial charge < -0.3 is 14.2 Å². The molecule has 0 aliphatic rings. The van der Waals surface area contributed by atoms with E-state index in [9.17, 15) is 14.4 Å². The van der Waals surface area contributed by atoms with Crippen LogP contribution >= 0.6 is 0 Å². The van der Waals surface area contributed by atoms with Crippen molar-refractivity contribution in [1.82, 2.24) is 0 Å². The van der Waals surface area contributed by atoms with Crippen LogP contribution < -0.4 is 0 Å². The van der Waals surface area contributed by atoms with Crippen molar-refractivity contribution in [3.63, 3.8) is 0 Å². The molecular weight excluding hydrogens is 793 g/mol. The molecule has 0 heterocycles. The van der Waals surface area contributed by atoms with Crippen LogP contribution in [0, 0.1) is 0 Å². The molecule has 0 aliphatic carbocycles. The number of unbranched alkanes of at least 4 members (excludes halogenated alkanes) is 40. The molecule has 6 nitrogen and oxygen atoms in total. The van der Waals surface area contributed by atoms with Gasteiger partial charge >= 0.3 is 17.9 Å². The van der Waals surface area contributed by atoms with Crippen molar-refractivity contribution in [2.75, 3.05) is 13.2 Å². The summed E-state index contributed by atoms with van der Waals surface area (Å²) in [5.74, 6) is -0.854. The third-order valence-electron chi connectivity index (χ3n) is 13.0. The van der Waals surface area contributed by atoms with E-state index in [1.807, 2.05) is 0 Å². The molecule has 0 saturated heterocycles. The molecule has 1 unspecified atom stereocenters. The molecular formula is C58H110O6. The van der Waals surface area contributed by atoms with Crippen LogP contribution in [0.4, 0.5) is 0 Å². The molecule has 6 heteroatoms. The van der Waals surface area contributed by atoms with Crippen molar-refractivity contribution in [1.29, 1.82) is 0 Å². The number of ether oxygens (including phenoxy) is 3. The molecule has 0 bridgehead atoms. The number of allylic oxidation sites excluding steroid dienone is 2. The van der Waals surface area contributed by atoms with Crippen molar-refractivity contribution in [3.8, 4) is 0 Å². The van der Waals surface area contributed by atoms with Gasteiger partial charge in [0.2, 0.25) is 0 Å². The summed E-state index contributed by atoms with van der Waals surface area (Å²) in [6, 6.07) is 0. The highest BCUT2D eigenvalue weighted by atomic mass is 16.6. The van der Waals surface area contributed by atoms with Gasteiger partial charge in [-0.1, -0.05) is 270 Å². The first-order chi connectivity index (χ1) is 31.5. The number of carbonyl (C=O) groups excluding carboxylic acids is 3. The summed E-state index contributed by atoms with van der Waals surface area (Å²) in [7, 11) is 0. The van der Waals surface area contributed by atoms with Crippen molar-refractivity contribution >= 4 is 17.9 Å². The average molecular weight is 904 g/mol. The quantitative estimate of drug-likeness (QED) is 0.0262. The molecule has 0 amide bonds. The van der Waals surface area contributed by atoms with Crippen molar-refractivity contribution in [2.24, 2.45) is 0 Å². The zero-order valence-corrected chi connectivity index (χ0v) is 43.3. The van der Waals surface area contributed by atoms with Gasteiger partial charge in [-0.15, -0.1) is 0 Å². The number of carbonyl (C=O) groups is 3. The molecule has 0 fully saturated rings. The van der Waals surface area contributed by atoms with E-state index in [2.05, 4.69) is 32.9 Å². The summed E-state index contributed by atoms with van der Waals surface area (Å²) in [5.41, 5.74) is 0. The van der Waals surface area contributed by atoms with Gasteiger partial charge in [-0.2, -0.15) is 0 Å². The van der Waals surface area contributed by atoms with Crippen LogP contribution in [-0.2, 0) is 28.6 Å². The van der Waals surface area contributed by atoms with Gasteiger partial charge in [-0.3, -0.25) is 14.4 Å². The number of hydrogen-bond acceptors (Lipinski definition) is 6. The summed E-state index contributed by atoms with van der Waals surface area (Å²) in [4.78, 5) is 38.0. The molecule has 0 radical (unpaired) electrons. The van der Waals surface area contributed by atoms with E-state index >= 15 is 0 Å². The lowest BCUT2D eigenvalue weighted by Gasteiger charge is -2.18. The molecule has 0 aromatic rings. The Kier molecular flexibility index (Phi) is 52.2. The summed E-state index contributed by atoms with van der Waals surface area (Å²) < 4.78 is 16.8. The molecule has 378 valence electrons. The maximum Gasteiger partial charge on any atom is 0.306 e. The third kappa shape index (κ3) is 51.1. The lowest BCUT2D eigenvalue weighted by Crippen LogP contribution is -2.30. The summed E-state index contributed by atoms with van der Waals surface area (Å²) >= 11 is 0. The highest BCUT2D eigenvalue weighted by molar-refractivity contribution is 5.71. The Balaban J connectivity index is 4.19. The highest BCUT2D eigenvalue weighted by Crippen LogP contribution is 2.17. The van der Waals surface area contributed by atoms with E-state index in [-0.39, 0.29) is 31.1 Å². The van der Waals surface area contributed by atoms with E-state index in [4.69, 9.17) is 14.2 Å². The van der Waals surface area contributed by atoms with E-state index in [0.29, 0.717) is 19.3 Å². The fourth-order valence-corrected chi connectivity index (χ4v) is 8.68. The van der Waals surface area contributed by atoms with E-state index in [0.717, 1.165) is 57.8 Å². The Bertz CT molecular complexity index is 993. The molecule has 0 aromatic carbocycles. The second-order valence-electron chi connectivity index (χ2n) is 19.6. The Morgan fingerprint density at radius 2 is 0.516 bits per heavy atom. The number of esters is 3. The Morgan fingerprint density at radius 3 is 0.781 bits per heavy atom. The topological polar surface area (TPSA) is 78.9 Å². The van der Waals surface area contributed by atoms with Crippen molar-refractivity contribution in [2.45, 2.75) is 329 Å². The zero-order chi connectivity index (χ0) is 46.5. The Labute approximate surface area is 399 Å². The first kappa shape index (κ1) is 62.1. The molecule has 0 N–H and O–H groups in total. The lowest BCUT2D eigenvalue weighted by molar-refractivity contribution is -0.167. The molecule has 1 atom stereocenters. The first-order valence-electron chi connectivity index (χ1n) is 28.7. The van der Waals surface area contributed by atoms with Gasteiger partial charge in [0.15, 0.2) is 6.10 Å². The van der Waals surface area contributed by atoms with Gasteiger partial charge in [-0.05, 0) is 44.9 Å². The number of hydrogen-bond donors (Lipinski definition) is 0. The lowest BCUT2D eigenvalue weighted by atomic mass is 10.0. The fourth-order valence-electron chi connectivity index (χ4n) is 8.68. The van der Waals surface area contributed by atoms with Crippen LogP contribution in [0.25, 0.3) is 0 Å². The van der Waals surface area contributed by atoms with Gasteiger partial charge in [0, 0.05) is 19.3 Å². The molecule has 0 aliphatic heterocycles. The van der Waals surface area contributed by atoms with Gasteiger partial charge in [-0.25, -0.2) is 0 Å². The Morgan fingerprint density at radius 1 is 0.297 bits per heavy atom. The molecule has 0 spiro atoms. The highest BCUT2D eigenvalue weighted by Gasteiger charge is 2.19. The van der Waals surface area contributed by atoms with Crippen LogP contribution in [0.5, 0.6) is 0 Å². The average Bonchev–Trinajstić information content (AvgIpc) is 3.29. The fraction of sp³-hybridized carbons (Fsp3) is 0.914. The predicted molar refractivity (Wildman–Crippen MR) is 275 cm³/mol. The van der Waals surface area contributed by atoms with Gasteiger partial charge in [0.25, 0.3) is 0 Å². The maximum absolute atomic E-state index is 12.8. The minimum absolute atomic E-state index is 0.0663. The van der Waals surface area contributed by atoms with Gasteiger partial charge in [0.05, 0.1) is 0 Å². The molecule has 64 heavy (non-hydrogen) atoms. The normalized spacial score (nSPS) is 12.0. The standard InChI is InChI=1S/C58H110O6/c1-4-7-10-13-16-19-21-23-25-27-29-30-32-33-35-37-39-42-45-48-51-57(60)63-54-55(53-62-56(59)50-47-44-41-18-15-12-9-6-3)64-58(61)52-49-46-43-40-38-36-34-31-28-26-24-22-20-17-14-11-8-5-2/h26,28,55H,4-25,27,29-54H2,1-3H3/b28-26-. The minimum atomic E-state index is -0.765. The first-order valence-corrected chi connectivity index (χ1v) is 28.7. The third-order valence-corrected chi connectivity index (χ3v) is 13.0. The summed E-state index contributed by atoms with van der Waals surface area (Å²) in [5, 5.41) is 0. The van der Waals surface area contributed by atoms with Crippen LogP contribution in [-0.4, -0.2) is 37.2 Å². The van der Waals surface area contributed by atoms with Crippen LogP contribution in [0.2, 0.25) is 0 Å². The van der Waals surface area contributed by atoms with Gasteiger partial charge in [0.1, 0.15) is 13.2 Å². The smallest absolute Gasteiger partial charge is 0.306 e. The zero-order valence-electron chi connectivity index (χ0n) is 43.3. The van der Waals surface area contributed by atoms with Crippen LogP contribution in [0.3, 0.4) is 0 Å². The second-order valence-corrected chi connectivity index (χ2v) is 19.6. The van der Waals surface area contributed by atoms with E-state index < -0.39 is 6.10 Å². The number of rotatable bonds is 53. The summed E-state index contributed by atoms with van der Waals surface area (Å²) in [6.07, 6.45) is 60.7. The second kappa shape index (κ2) is 53.8. The minimum Gasteiger partial charge on any atom is -0.462 e. The van der Waals surface area contributed by atoms with Crippen LogP contribution in [0.1, 0.15) is 323 Å².